The Bertz CT molecular complexity index is 780. The fourth-order valence-corrected chi connectivity index (χ4v) is 3.11. The minimum Gasteiger partial charge on any atom is -0.350 e. The number of anilines is 3. The van der Waals surface area contributed by atoms with Crippen molar-refractivity contribution in [3.8, 4) is 6.07 Å². The molecule has 0 aromatic heterocycles. The second-order valence-corrected chi connectivity index (χ2v) is 5.82. The van der Waals surface area contributed by atoms with Gasteiger partial charge in [0.05, 0.1) is 29.0 Å². The average molecular weight is 346 g/mol. The van der Waals surface area contributed by atoms with Gasteiger partial charge in [-0.15, -0.1) is 0 Å². The zero-order valence-corrected chi connectivity index (χ0v) is 13.4. The third-order valence-corrected chi connectivity index (χ3v) is 4.34. The molecule has 0 aliphatic carbocycles. The van der Waals surface area contributed by atoms with Crippen LogP contribution in [0.2, 0.25) is 0 Å². The third kappa shape index (κ3) is 3.26. The molecule has 2 N–H and O–H groups in total. The van der Waals surface area contributed by atoms with Crippen molar-refractivity contribution in [3.05, 3.63) is 54.1 Å². The average Bonchev–Trinajstić information content (AvgIpc) is 2.61. The Morgan fingerprint density at radius 2 is 1.72 bits per heavy atom. The van der Waals surface area contributed by atoms with E-state index in [1.54, 1.807) is 0 Å². The van der Waals surface area contributed by atoms with Crippen LogP contribution >= 0.6 is 0 Å². The number of fused-ring (bicyclic) bond motifs is 1. The van der Waals surface area contributed by atoms with Crippen molar-refractivity contribution in [3.63, 3.8) is 0 Å². The van der Waals surface area contributed by atoms with Crippen molar-refractivity contribution in [1.29, 1.82) is 5.26 Å². The maximum atomic E-state index is 12.8. The van der Waals surface area contributed by atoms with Crippen LogP contribution in [0.4, 0.5) is 30.2 Å². The zero-order chi connectivity index (χ0) is 18.0. The first-order chi connectivity index (χ1) is 12.0. The lowest BCUT2D eigenvalue weighted by molar-refractivity contribution is -0.137. The molecule has 25 heavy (non-hydrogen) atoms. The summed E-state index contributed by atoms with van der Waals surface area (Å²) in [7, 11) is 0. The molecule has 0 fully saturated rings. The van der Waals surface area contributed by atoms with Gasteiger partial charge in [0.25, 0.3) is 0 Å². The molecular formula is C18H17F3N4. The van der Waals surface area contributed by atoms with Crippen LogP contribution in [0, 0.1) is 11.3 Å². The number of alkyl halides is 3. The van der Waals surface area contributed by atoms with Crippen molar-refractivity contribution < 1.29 is 13.2 Å². The number of benzene rings is 2. The van der Waals surface area contributed by atoms with E-state index in [1.165, 1.54) is 12.1 Å². The summed E-state index contributed by atoms with van der Waals surface area (Å²) in [6, 6.07) is 14.7. The van der Waals surface area contributed by atoms with E-state index >= 15 is 0 Å². The van der Waals surface area contributed by atoms with Gasteiger partial charge in [0, 0.05) is 18.8 Å². The number of halogens is 3. The van der Waals surface area contributed by atoms with Crippen molar-refractivity contribution in [2.24, 2.45) is 5.73 Å². The molecule has 1 aliphatic rings. The largest absolute Gasteiger partial charge is 0.416 e. The molecule has 1 atom stereocenters. The van der Waals surface area contributed by atoms with E-state index in [2.05, 4.69) is 6.07 Å². The number of rotatable bonds is 3. The van der Waals surface area contributed by atoms with Crippen molar-refractivity contribution in [2.45, 2.75) is 12.2 Å². The lowest BCUT2D eigenvalue weighted by Crippen LogP contribution is -2.51. The van der Waals surface area contributed by atoms with Gasteiger partial charge in [-0.25, -0.2) is 0 Å². The molecule has 3 rings (SSSR count). The number of nitriles is 1. The molecular weight excluding hydrogens is 329 g/mol. The first-order valence-corrected chi connectivity index (χ1v) is 7.83. The molecule has 4 nitrogen and oxygen atoms in total. The van der Waals surface area contributed by atoms with Gasteiger partial charge in [-0.05, 0) is 36.4 Å². The molecule has 2 aromatic rings. The highest BCUT2D eigenvalue weighted by Gasteiger charge is 2.32. The van der Waals surface area contributed by atoms with E-state index in [0.717, 1.165) is 23.5 Å². The summed E-state index contributed by atoms with van der Waals surface area (Å²) in [5.41, 5.74) is 7.56. The number of nitrogens with zero attached hydrogens (tertiary/aromatic N) is 3. The Labute approximate surface area is 143 Å². The third-order valence-electron chi connectivity index (χ3n) is 4.34. The Balaban J connectivity index is 2.02. The monoisotopic (exact) mass is 346 g/mol. The minimum atomic E-state index is -4.36. The second kappa shape index (κ2) is 6.65. The van der Waals surface area contributed by atoms with Gasteiger partial charge < -0.3 is 15.5 Å². The maximum absolute atomic E-state index is 12.8. The molecule has 0 amide bonds. The topological polar surface area (TPSA) is 56.3 Å². The molecule has 0 saturated carbocycles. The summed E-state index contributed by atoms with van der Waals surface area (Å²) in [6.07, 6.45) is -4.36. The predicted molar refractivity (Wildman–Crippen MR) is 90.7 cm³/mol. The van der Waals surface area contributed by atoms with E-state index in [9.17, 15) is 13.2 Å². The van der Waals surface area contributed by atoms with Gasteiger partial charge in [-0.3, -0.25) is 0 Å². The van der Waals surface area contributed by atoms with Gasteiger partial charge in [-0.2, -0.15) is 18.4 Å². The van der Waals surface area contributed by atoms with Crippen molar-refractivity contribution >= 4 is 17.1 Å². The van der Waals surface area contributed by atoms with Gasteiger partial charge >= 0.3 is 6.18 Å². The van der Waals surface area contributed by atoms with E-state index < -0.39 is 11.7 Å². The summed E-state index contributed by atoms with van der Waals surface area (Å²) in [4.78, 5) is 3.89. The van der Waals surface area contributed by atoms with Crippen LogP contribution in [0.1, 0.15) is 5.56 Å². The normalized spacial score (nSPS) is 17.2. The molecule has 0 bridgehead atoms. The molecule has 0 radical (unpaired) electrons. The molecule has 0 saturated heterocycles. The van der Waals surface area contributed by atoms with Crippen LogP contribution in [0.5, 0.6) is 0 Å². The molecule has 7 heteroatoms. The predicted octanol–water partition coefficient (Wildman–Crippen LogP) is 3.51. The fourth-order valence-electron chi connectivity index (χ4n) is 3.11. The quantitative estimate of drug-likeness (QED) is 0.864. The summed E-state index contributed by atoms with van der Waals surface area (Å²) < 4.78 is 38.4. The number of para-hydroxylation sites is 2. The molecule has 130 valence electrons. The summed E-state index contributed by atoms with van der Waals surface area (Å²) in [6.45, 7) is 1.05. The van der Waals surface area contributed by atoms with E-state index in [1.807, 2.05) is 34.1 Å². The zero-order valence-electron chi connectivity index (χ0n) is 13.4. The van der Waals surface area contributed by atoms with E-state index in [0.29, 0.717) is 18.8 Å². The molecule has 1 aliphatic heterocycles. The maximum Gasteiger partial charge on any atom is 0.416 e. The molecule has 0 spiro atoms. The van der Waals surface area contributed by atoms with Crippen molar-refractivity contribution in [1.82, 2.24) is 0 Å². The van der Waals surface area contributed by atoms with Crippen LogP contribution < -0.4 is 15.5 Å². The highest BCUT2D eigenvalue weighted by molar-refractivity contribution is 5.80. The van der Waals surface area contributed by atoms with Crippen LogP contribution in [0.25, 0.3) is 0 Å². The smallest absolute Gasteiger partial charge is 0.350 e. The molecule has 1 unspecified atom stereocenters. The standard InChI is InChI=1S/C18H17F3N4/c19-18(20,21)13-5-7-14(8-6-13)25-12-15(11-23)24(10-9-22)16-3-1-2-4-17(16)25/h1-8,15H,10-12,23H2. The Hall–Kier alpha value is -2.72. The van der Waals surface area contributed by atoms with Crippen LogP contribution in [-0.2, 0) is 6.18 Å². The first-order valence-electron chi connectivity index (χ1n) is 7.83. The van der Waals surface area contributed by atoms with Gasteiger partial charge in [0.1, 0.15) is 6.54 Å². The lowest BCUT2D eigenvalue weighted by Gasteiger charge is -2.43. The van der Waals surface area contributed by atoms with Crippen LogP contribution in [0.3, 0.4) is 0 Å². The Kier molecular flexibility index (Phi) is 4.55. The van der Waals surface area contributed by atoms with Crippen molar-refractivity contribution in [2.75, 3.05) is 29.4 Å². The molecule has 1 heterocycles. The minimum absolute atomic E-state index is 0.100. The van der Waals surface area contributed by atoms with Crippen LogP contribution in [-0.4, -0.2) is 25.7 Å². The number of nitrogens with two attached hydrogens (primary N) is 1. The molecule has 2 aromatic carbocycles. The van der Waals surface area contributed by atoms with Gasteiger partial charge in [-0.1, -0.05) is 12.1 Å². The SMILES string of the molecule is N#CCN1c2ccccc2N(c2ccc(C(F)(F)F)cc2)CC1CN. The van der Waals surface area contributed by atoms with Crippen LogP contribution in [0.15, 0.2) is 48.5 Å². The lowest BCUT2D eigenvalue weighted by atomic mass is 10.0. The van der Waals surface area contributed by atoms with E-state index in [-0.39, 0.29) is 12.6 Å². The number of hydrogen-bond acceptors (Lipinski definition) is 4. The summed E-state index contributed by atoms with van der Waals surface area (Å²) >= 11 is 0. The first kappa shape index (κ1) is 17.1. The summed E-state index contributed by atoms with van der Waals surface area (Å²) in [5, 5.41) is 9.09. The van der Waals surface area contributed by atoms with E-state index in [4.69, 9.17) is 11.0 Å². The second-order valence-electron chi connectivity index (χ2n) is 5.82. The Morgan fingerprint density at radius 1 is 1.08 bits per heavy atom. The highest BCUT2D eigenvalue weighted by Crippen LogP contribution is 2.40. The summed E-state index contributed by atoms with van der Waals surface area (Å²) in [5.74, 6) is 0. The fraction of sp³-hybridized carbons (Fsp3) is 0.278. The van der Waals surface area contributed by atoms with Gasteiger partial charge in [0.15, 0.2) is 0 Å². The Morgan fingerprint density at radius 3 is 2.28 bits per heavy atom. The highest BCUT2D eigenvalue weighted by atomic mass is 19.4. The number of hydrogen-bond donors (Lipinski definition) is 1. The van der Waals surface area contributed by atoms with Gasteiger partial charge in [0.2, 0.25) is 0 Å².